The van der Waals surface area contributed by atoms with E-state index in [0.29, 0.717) is 11.8 Å². The molecule has 0 aromatic heterocycles. The van der Waals surface area contributed by atoms with Crippen molar-refractivity contribution in [3.05, 3.63) is 0 Å². The molecule has 3 atom stereocenters. The lowest BCUT2D eigenvalue weighted by atomic mass is 10.0. The summed E-state index contributed by atoms with van der Waals surface area (Å²) in [5.41, 5.74) is -0.430. The van der Waals surface area contributed by atoms with E-state index in [4.69, 9.17) is 4.74 Å². The minimum atomic E-state index is -0.430. The molecule has 17 heavy (non-hydrogen) atoms. The first-order valence-corrected chi connectivity index (χ1v) is 6.32. The van der Waals surface area contributed by atoms with Crippen LogP contribution in [0.3, 0.4) is 0 Å². The van der Waals surface area contributed by atoms with Gasteiger partial charge in [0.15, 0.2) is 0 Å². The molecule has 1 saturated carbocycles. The van der Waals surface area contributed by atoms with Gasteiger partial charge in [-0.2, -0.15) is 0 Å². The molecule has 0 radical (unpaired) electrons. The molecule has 0 N–H and O–H groups in total. The molecular formula is C13H21NO3. The summed E-state index contributed by atoms with van der Waals surface area (Å²) in [6.07, 6.45) is 2.73. The average Bonchev–Trinajstić information content (AvgIpc) is 2.70. The van der Waals surface area contributed by atoms with Gasteiger partial charge in [0.05, 0.1) is 0 Å². The van der Waals surface area contributed by atoms with Crippen LogP contribution in [0.5, 0.6) is 0 Å². The highest BCUT2D eigenvalue weighted by molar-refractivity contribution is 5.68. The Morgan fingerprint density at radius 3 is 2.18 bits per heavy atom. The van der Waals surface area contributed by atoms with Crippen LogP contribution in [0, 0.1) is 17.8 Å². The summed E-state index contributed by atoms with van der Waals surface area (Å²) in [7, 11) is 0. The highest BCUT2D eigenvalue weighted by atomic mass is 16.6. The van der Waals surface area contributed by atoms with Gasteiger partial charge < -0.3 is 14.4 Å². The van der Waals surface area contributed by atoms with E-state index >= 15 is 0 Å². The molecule has 96 valence electrons. The van der Waals surface area contributed by atoms with E-state index in [-0.39, 0.29) is 12.0 Å². The van der Waals surface area contributed by atoms with Crippen LogP contribution in [-0.4, -0.2) is 36.0 Å². The number of hydrogen-bond acceptors (Lipinski definition) is 3. The minimum absolute atomic E-state index is 0.213. The van der Waals surface area contributed by atoms with Gasteiger partial charge in [-0.1, -0.05) is 0 Å². The van der Waals surface area contributed by atoms with Crippen LogP contribution in [0.2, 0.25) is 0 Å². The first-order valence-electron chi connectivity index (χ1n) is 6.32. The lowest BCUT2D eigenvalue weighted by molar-refractivity contribution is -0.111. The van der Waals surface area contributed by atoms with Gasteiger partial charge in [-0.15, -0.1) is 0 Å². The van der Waals surface area contributed by atoms with Crippen molar-refractivity contribution >= 4 is 12.4 Å². The molecule has 0 aromatic rings. The number of aldehydes is 1. The van der Waals surface area contributed by atoms with Gasteiger partial charge in [-0.3, -0.25) is 0 Å². The van der Waals surface area contributed by atoms with Crippen LogP contribution in [0.4, 0.5) is 4.79 Å². The maximum Gasteiger partial charge on any atom is 0.410 e. The van der Waals surface area contributed by atoms with Gasteiger partial charge in [-0.25, -0.2) is 4.79 Å². The maximum atomic E-state index is 11.9. The average molecular weight is 239 g/mol. The van der Waals surface area contributed by atoms with Crippen molar-refractivity contribution in [3.8, 4) is 0 Å². The van der Waals surface area contributed by atoms with Crippen molar-refractivity contribution in [2.75, 3.05) is 13.1 Å². The smallest absolute Gasteiger partial charge is 0.410 e. The van der Waals surface area contributed by atoms with Gasteiger partial charge in [0.2, 0.25) is 0 Å². The number of amides is 1. The highest BCUT2D eigenvalue weighted by Gasteiger charge is 2.43. The van der Waals surface area contributed by atoms with Crippen LogP contribution >= 0.6 is 0 Å². The summed E-state index contributed by atoms with van der Waals surface area (Å²) >= 11 is 0. The zero-order chi connectivity index (χ0) is 12.6. The third-order valence-electron chi connectivity index (χ3n) is 3.63. The predicted molar refractivity (Wildman–Crippen MR) is 63.6 cm³/mol. The van der Waals surface area contributed by atoms with E-state index in [1.807, 2.05) is 20.8 Å². The van der Waals surface area contributed by atoms with Gasteiger partial charge >= 0.3 is 6.09 Å². The SMILES string of the molecule is CC(C)(C)OC(=O)N1C[C@H]2CC(C=O)C[C@H]2C1. The van der Waals surface area contributed by atoms with Gasteiger partial charge in [0, 0.05) is 19.0 Å². The Morgan fingerprint density at radius 1 is 1.24 bits per heavy atom. The molecule has 1 heterocycles. The quantitative estimate of drug-likeness (QED) is 0.658. The predicted octanol–water partition coefficient (Wildman–Crippen LogP) is 2.08. The molecule has 0 bridgehead atoms. The molecule has 1 aliphatic heterocycles. The van der Waals surface area contributed by atoms with Crippen molar-refractivity contribution < 1.29 is 14.3 Å². The van der Waals surface area contributed by atoms with Crippen molar-refractivity contribution in [2.45, 2.75) is 39.2 Å². The molecule has 1 aliphatic carbocycles. The van der Waals surface area contributed by atoms with Gasteiger partial charge in [0.25, 0.3) is 0 Å². The topological polar surface area (TPSA) is 46.6 Å². The fourth-order valence-corrected chi connectivity index (χ4v) is 2.93. The standard InChI is InChI=1S/C13H21NO3/c1-13(2,3)17-12(16)14-6-10-4-9(8-15)5-11(10)7-14/h8-11H,4-7H2,1-3H3/t9?,10-,11+. The number of carbonyl (C=O) groups is 2. The zero-order valence-corrected chi connectivity index (χ0v) is 10.8. The molecule has 0 spiro atoms. The Kier molecular flexibility index (Phi) is 3.15. The van der Waals surface area contributed by atoms with E-state index in [2.05, 4.69) is 0 Å². The number of likely N-dealkylation sites (tertiary alicyclic amines) is 1. The summed E-state index contributed by atoms with van der Waals surface area (Å²) in [5, 5.41) is 0. The summed E-state index contributed by atoms with van der Waals surface area (Å²) in [5.74, 6) is 1.21. The molecule has 2 fully saturated rings. The summed E-state index contributed by atoms with van der Waals surface area (Å²) in [6.45, 7) is 7.15. The number of nitrogens with zero attached hydrogens (tertiary/aromatic N) is 1. The third-order valence-corrected chi connectivity index (χ3v) is 3.63. The van der Waals surface area contributed by atoms with E-state index in [1.54, 1.807) is 4.90 Å². The van der Waals surface area contributed by atoms with Crippen molar-refractivity contribution in [3.63, 3.8) is 0 Å². The lowest BCUT2D eigenvalue weighted by Gasteiger charge is -2.25. The van der Waals surface area contributed by atoms with Crippen molar-refractivity contribution in [1.29, 1.82) is 0 Å². The fraction of sp³-hybridized carbons (Fsp3) is 0.846. The Morgan fingerprint density at radius 2 is 1.76 bits per heavy atom. The van der Waals surface area contributed by atoms with E-state index in [1.165, 1.54) is 0 Å². The normalized spacial score (nSPS) is 32.4. The van der Waals surface area contributed by atoms with Crippen LogP contribution < -0.4 is 0 Å². The fourth-order valence-electron chi connectivity index (χ4n) is 2.93. The molecule has 0 aromatic carbocycles. The molecule has 2 aliphatic rings. The molecule has 2 rings (SSSR count). The second-order valence-electron chi connectivity index (χ2n) is 6.27. The van der Waals surface area contributed by atoms with E-state index in [0.717, 1.165) is 32.2 Å². The number of carbonyl (C=O) groups excluding carboxylic acids is 2. The van der Waals surface area contributed by atoms with Crippen LogP contribution in [0.25, 0.3) is 0 Å². The number of ether oxygens (including phenoxy) is 1. The molecule has 1 amide bonds. The number of hydrogen-bond donors (Lipinski definition) is 0. The second-order valence-corrected chi connectivity index (χ2v) is 6.27. The lowest BCUT2D eigenvalue weighted by Crippen LogP contribution is -2.36. The largest absolute Gasteiger partial charge is 0.444 e. The van der Waals surface area contributed by atoms with Crippen LogP contribution in [-0.2, 0) is 9.53 Å². The molecule has 1 saturated heterocycles. The molecule has 4 nitrogen and oxygen atoms in total. The summed E-state index contributed by atoms with van der Waals surface area (Å²) in [4.78, 5) is 24.4. The Balaban J connectivity index is 1.88. The third kappa shape index (κ3) is 2.79. The highest BCUT2D eigenvalue weighted by Crippen LogP contribution is 2.40. The van der Waals surface area contributed by atoms with Crippen molar-refractivity contribution in [2.24, 2.45) is 17.8 Å². The summed E-state index contributed by atoms with van der Waals surface area (Å²) < 4.78 is 5.36. The van der Waals surface area contributed by atoms with E-state index in [9.17, 15) is 9.59 Å². The Hall–Kier alpha value is -1.06. The van der Waals surface area contributed by atoms with Gasteiger partial charge in [-0.05, 0) is 45.4 Å². The Bertz CT molecular complexity index is 307. The van der Waals surface area contributed by atoms with Crippen molar-refractivity contribution in [1.82, 2.24) is 4.90 Å². The Labute approximate surface area is 102 Å². The van der Waals surface area contributed by atoms with Gasteiger partial charge in [0.1, 0.15) is 11.9 Å². The second kappa shape index (κ2) is 4.31. The van der Waals surface area contributed by atoms with E-state index < -0.39 is 5.60 Å². The summed E-state index contributed by atoms with van der Waals surface area (Å²) in [6, 6.07) is 0. The molecule has 1 unspecified atom stereocenters. The zero-order valence-electron chi connectivity index (χ0n) is 10.8. The molecule has 4 heteroatoms. The monoisotopic (exact) mass is 239 g/mol. The van der Waals surface area contributed by atoms with Crippen LogP contribution in [0.1, 0.15) is 33.6 Å². The number of fused-ring (bicyclic) bond motifs is 1. The number of rotatable bonds is 1. The molecular weight excluding hydrogens is 218 g/mol. The first kappa shape index (κ1) is 12.4. The maximum absolute atomic E-state index is 11.9. The van der Waals surface area contributed by atoms with Crippen LogP contribution in [0.15, 0.2) is 0 Å². The first-order chi connectivity index (χ1) is 7.89. The minimum Gasteiger partial charge on any atom is -0.444 e.